The second-order valence-corrected chi connectivity index (χ2v) is 16.6. The van der Waals surface area contributed by atoms with Crippen molar-refractivity contribution in [3.05, 3.63) is 30.3 Å². The van der Waals surface area contributed by atoms with Crippen LogP contribution in [0.3, 0.4) is 0 Å². The Kier molecular flexibility index (Phi) is 9.43. The van der Waals surface area contributed by atoms with Crippen LogP contribution in [0.4, 0.5) is 10.5 Å². The van der Waals surface area contributed by atoms with Crippen molar-refractivity contribution in [1.82, 2.24) is 10.2 Å². The van der Waals surface area contributed by atoms with Gasteiger partial charge in [-0.25, -0.2) is 26.4 Å². The summed E-state index contributed by atoms with van der Waals surface area (Å²) >= 11 is -1.82. The standard InChI is InChI=1S/C23H31N3O11S3/c1-23(2)18(21(29)36-10-12-39(3,32)33)26-19(28)17(20(26)38(23)31)24-16(27)14-25(15-8-6-5-7-9-15)22(30)37-11-13-40(4,34)35/h5-9,17-18,20H,10-14H2,1-4H3,(H,24,27)/t17-,18+,20-,38?/m1/s1. The molecule has 222 valence electrons. The summed E-state index contributed by atoms with van der Waals surface area (Å²) in [6.45, 7) is 1.53. The minimum absolute atomic E-state index is 0.269. The minimum Gasteiger partial charge on any atom is -0.614 e. The number of amides is 3. The number of anilines is 1. The van der Waals surface area contributed by atoms with Gasteiger partial charge in [-0.15, -0.1) is 0 Å². The SMILES string of the molecule is CC1(C)[C@H](C(=O)OCCS(C)(=O)=O)N2C(=O)[C@@H](NC(=O)CN(C(=O)OCCS(C)(=O)=O)c3ccccc3)[C@H]2[S+]1[O-]. The molecule has 3 amide bonds. The van der Waals surface area contributed by atoms with Crippen molar-refractivity contribution in [1.29, 1.82) is 0 Å². The van der Waals surface area contributed by atoms with E-state index in [1.807, 2.05) is 0 Å². The van der Waals surface area contributed by atoms with E-state index in [4.69, 9.17) is 9.47 Å². The van der Waals surface area contributed by atoms with E-state index in [-0.39, 0.29) is 5.69 Å². The number of esters is 1. The van der Waals surface area contributed by atoms with Crippen molar-refractivity contribution >= 4 is 60.4 Å². The first-order valence-electron chi connectivity index (χ1n) is 12.0. The highest BCUT2D eigenvalue weighted by Gasteiger charge is 2.73. The molecule has 0 radical (unpaired) electrons. The molecule has 2 aliphatic rings. The van der Waals surface area contributed by atoms with E-state index in [1.165, 1.54) is 26.0 Å². The number of para-hydroxylation sites is 1. The van der Waals surface area contributed by atoms with Crippen LogP contribution in [0, 0.1) is 0 Å². The molecule has 0 aliphatic carbocycles. The Labute approximate surface area is 235 Å². The maximum Gasteiger partial charge on any atom is 0.414 e. The third-order valence-corrected chi connectivity index (χ3v) is 10.3. The Hall–Kier alpha value is -2.89. The fourth-order valence-corrected chi connectivity index (χ4v) is 6.92. The summed E-state index contributed by atoms with van der Waals surface area (Å²) in [5.74, 6) is -3.23. The molecule has 14 nitrogen and oxygen atoms in total. The lowest BCUT2D eigenvalue weighted by Gasteiger charge is -2.41. The fraction of sp³-hybridized carbons (Fsp3) is 0.565. The van der Waals surface area contributed by atoms with Crippen LogP contribution < -0.4 is 10.2 Å². The third kappa shape index (κ3) is 7.24. The summed E-state index contributed by atoms with van der Waals surface area (Å²) < 4.78 is 67.5. The zero-order valence-electron chi connectivity index (χ0n) is 22.3. The molecule has 0 aromatic heterocycles. The number of benzene rings is 1. The molecule has 3 rings (SSSR count). The number of nitrogens with zero attached hydrogens (tertiary/aromatic N) is 2. The van der Waals surface area contributed by atoms with Gasteiger partial charge in [-0.3, -0.25) is 19.4 Å². The Morgan fingerprint density at radius 3 is 2.12 bits per heavy atom. The van der Waals surface area contributed by atoms with Crippen molar-refractivity contribution in [3.8, 4) is 0 Å². The average Bonchev–Trinajstić information content (AvgIpc) is 3.02. The summed E-state index contributed by atoms with van der Waals surface area (Å²) in [6, 6.07) is 5.43. The zero-order chi connectivity index (χ0) is 30.0. The molecule has 2 saturated heterocycles. The summed E-state index contributed by atoms with van der Waals surface area (Å²) in [5, 5.41) is 1.41. The second-order valence-electron chi connectivity index (χ2n) is 9.95. The Bertz CT molecular complexity index is 1370. The first kappa shape index (κ1) is 31.6. The molecule has 0 bridgehead atoms. The van der Waals surface area contributed by atoms with Crippen LogP contribution in [-0.2, 0) is 54.7 Å². The van der Waals surface area contributed by atoms with Crippen molar-refractivity contribution in [2.45, 2.75) is 36.1 Å². The van der Waals surface area contributed by atoms with Crippen LogP contribution in [0.1, 0.15) is 13.8 Å². The van der Waals surface area contributed by atoms with Crippen molar-refractivity contribution in [2.24, 2.45) is 0 Å². The first-order valence-corrected chi connectivity index (χ1v) is 17.3. The minimum atomic E-state index is -3.40. The van der Waals surface area contributed by atoms with Gasteiger partial charge in [0.1, 0.15) is 19.8 Å². The van der Waals surface area contributed by atoms with Gasteiger partial charge in [0.15, 0.2) is 36.5 Å². The third-order valence-electron chi connectivity index (χ3n) is 6.26. The van der Waals surface area contributed by atoms with Gasteiger partial charge in [-0.2, -0.15) is 0 Å². The fourth-order valence-electron chi connectivity index (χ4n) is 4.24. The number of hydrogen-bond acceptors (Lipinski definition) is 11. The number of ether oxygens (including phenoxy) is 2. The average molecular weight is 622 g/mol. The lowest BCUT2D eigenvalue weighted by molar-refractivity contribution is -0.164. The second kappa shape index (κ2) is 11.9. The van der Waals surface area contributed by atoms with Crippen LogP contribution in [-0.4, -0.2) is 116 Å². The van der Waals surface area contributed by atoms with Gasteiger partial charge in [0.25, 0.3) is 5.91 Å². The molecular weight excluding hydrogens is 590 g/mol. The van der Waals surface area contributed by atoms with E-state index in [0.717, 1.165) is 22.3 Å². The zero-order valence-corrected chi connectivity index (χ0v) is 24.7. The van der Waals surface area contributed by atoms with Crippen LogP contribution in [0.2, 0.25) is 0 Å². The Morgan fingerprint density at radius 1 is 1.02 bits per heavy atom. The van der Waals surface area contributed by atoms with Gasteiger partial charge >= 0.3 is 12.1 Å². The van der Waals surface area contributed by atoms with Crippen LogP contribution in [0.15, 0.2) is 30.3 Å². The van der Waals surface area contributed by atoms with Gasteiger partial charge in [0.2, 0.25) is 11.3 Å². The molecule has 2 heterocycles. The van der Waals surface area contributed by atoms with Gasteiger partial charge in [-0.1, -0.05) is 18.2 Å². The Balaban J connectivity index is 1.69. The first-order chi connectivity index (χ1) is 18.4. The quantitative estimate of drug-likeness (QED) is 0.177. The topological polar surface area (TPSA) is 197 Å². The van der Waals surface area contributed by atoms with E-state index in [0.29, 0.717) is 0 Å². The number of carbonyl (C=O) groups is 4. The van der Waals surface area contributed by atoms with Crippen LogP contribution in [0.5, 0.6) is 0 Å². The highest BCUT2D eigenvalue weighted by atomic mass is 32.2. The van der Waals surface area contributed by atoms with E-state index in [1.54, 1.807) is 18.2 Å². The molecule has 4 atom stereocenters. The predicted octanol–water partition coefficient (Wildman–Crippen LogP) is -1.18. The highest BCUT2D eigenvalue weighted by molar-refractivity contribution is 7.94. The molecule has 2 aliphatic heterocycles. The van der Waals surface area contributed by atoms with E-state index >= 15 is 0 Å². The summed E-state index contributed by atoms with van der Waals surface area (Å²) in [5.41, 5.74) is 0.269. The summed E-state index contributed by atoms with van der Waals surface area (Å²) in [7, 11) is -6.81. The molecule has 1 N–H and O–H groups in total. The van der Waals surface area contributed by atoms with Crippen LogP contribution >= 0.6 is 0 Å². The lowest BCUT2D eigenvalue weighted by atomic mass is 9.96. The molecular formula is C23H31N3O11S3. The van der Waals surface area contributed by atoms with Crippen molar-refractivity contribution in [3.63, 3.8) is 0 Å². The molecule has 2 fully saturated rings. The molecule has 40 heavy (non-hydrogen) atoms. The summed E-state index contributed by atoms with van der Waals surface area (Å²) in [4.78, 5) is 53.4. The van der Waals surface area contributed by atoms with E-state index < -0.39 is 108 Å². The molecule has 1 aromatic carbocycles. The summed E-state index contributed by atoms with van der Waals surface area (Å²) in [6.07, 6.45) is 0.969. The number of sulfone groups is 2. The highest BCUT2D eigenvalue weighted by Crippen LogP contribution is 2.46. The number of fused-ring (bicyclic) bond motifs is 1. The number of hydrogen-bond donors (Lipinski definition) is 1. The number of nitrogens with one attached hydrogen (secondary N) is 1. The maximum atomic E-state index is 13.3. The maximum absolute atomic E-state index is 13.3. The van der Waals surface area contributed by atoms with Gasteiger partial charge < -0.3 is 19.3 Å². The number of carbonyl (C=O) groups excluding carboxylic acids is 4. The number of rotatable bonds is 11. The van der Waals surface area contributed by atoms with Crippen LogP contribution in [0.25, 0.3) is 0 Å². The molecule has 1 unspecified atom stereocenters. The van der Waals surface area contributed by atoms with E-state index in [9.17, 15) is 40.6 Å². The van der Waals surface area contributed by atoms with E-state index in [2.05, 4.69) is 5.32 Å². The molecule has 17 heteroatoms. The Morgan fingerprint density at radius 2 is 1.57 bits per heavy atom. The largest absolute Gasteiger partial charge is 0.614 e. The monoisotopic (exact) mass is 621 g/mol. The molecule has 0 spiro atoms. The molecule has 1 aromatic rings. The van der Waals surface area contributed by atoms with Crippen molar-refractivity contribution < 1.29 is 50.0 Å². The van der Waals surface area contributed by atoms with Crippen molar-refractivity contribution in [2.75, 3.05) is 48.7 Å². The number of β-lactam (4-membered cyclic amide) rings is 1. The normalized spacial score (nSPS) is 23.5. The smallest absolute Gasteiger partial charge is 0.414 e. The molecule has 0 saturated carbocycles. The van der Waals surface area contributed by atoms with Gasteiger partial charge in [0, 0.05) is 18.2 Å². The lowest BCUT2D eigenvalue weighted by Crippen LogP contribution is -2.72. The van der Waals surface area contributed by atoms with Gasteiger partial charge in [0.05, 0.1) is 11.5 Å². The predicted molar refractivity (Wildman–Crippen MR) is 144 cm³/mol. The van der Waals surface area contributed by atoms with Gasteiger partial charge in [-0.05, 0) is 37.2 Å².